The smallest absolute Gasteiger partial charge is 0.329 e. The van der Waals surface area contributed by atoms with E-state index < -0.39 is 18.0 Å². The summed E-state index contributed by atoms with van der Waals surface area (Å²) in [6.45, 7) is 1.87. The summed E-state index contributed by atoms with van der Waals surface area (Å²) >= 11 is 0. The molecule has 0 amide bonds. The van der Waals surface area contributed by atoms with Gasteiger partial charge in [-0.25, -0.2) is 4.79 Å². The summed E-state index contributed by atoms with van der Waals surface area (Å²) in [6.07, 6.45) is 0.151. The van der Waals surface area contributed by atoms with Crippen LogP contribution >= 0.6 is 0 Å². The van der Waals surface area contributed by atoms with Crippen molar-refractivity contribution in [2.24, 2.45) is 0 Å². The van der Waals surface area contributed by atoms with E-state index in [2.05, 4.69) is 17.0 Å². The van der Waals surface area contributed by atoms with E-state index in [4.69, 9.17) is 24.7 Å². The first-order valence-electron chi connectivity index (χ1n) is 10.2. The molecule has 7 nitrogen and oxygen atoms in total. The Morgan fingerprint density at radius 1 is 1.20 bits per heavy atom. The van der Waals surface area contributed by atoms with Crippen molar-refractivity contribution in [3.63, 3.8) is 0 Å². The molecule has 3 aliphatic heterocycles. The Bertz CT molecular complexity index is 991. The van der Waals surface area contributed by atoms with Gasteiger partial charge in [-0.05, 0) is 49.6 Å². The molecular formula is C23H26N2O5. The predicted molar refractivity (Wildman–Crippen MR) is 111 cm³/mol. The van der Waals surface area contributed by atoms with Crippen molar-refractivity contribution >= 4 is 17.3 Å². The zero-order valence-electron chi connectivity index (χ0n) is 17.3. The standard InChI is InChI=1S/C23H26N2O5/c1-23(22(27-2)28-3)20-19(15-12-14(24)9-11-18(15)30-23)25-16-7-5-4-6-13(16)8-10-17(25)21(26)29-20/h4-7,9,11-12,17,19-20,22H,8,10,24H2,1-3H3. The second-order valence-electron chi connectivity index (χ2n) is 8.28. The number of benzene rings is 2. The molecule has 3 aliphatic rings. The molecule has 0 saturated carbocycles. The van der Waals surface area contributed by atoms with Crippen LogP contribution in [-0.2, 0) is 25.4 Å². The summed E-state index contributed by atoms with van der Waals surface area (Å²) in [5.74, 6) is 0.436. The largest absolute Gasteiger partial charge is 0.478 e. The van der Waals surface area contributed by atoms with E-state index in [0.717, 1.165) is 17.7 Å². The summed E-state index contributed by atoms with van der Waals surface area (Å²) in [7, 11) is 3.11. The Morgan fingerprint density at radius 3 is 2.73 bits per heavy atom. The molecule has 4 unspecified atom stereocenters. The van der Waals surface area contributed by atoms with Gasteiger partial charge in [-0.2, -0.15) is 0 Å². The number of methoxy groups -OCH3 is 2. The lowest BCUT2D eigenvalue weighted by Gasteiger charge is -2.56. The SMILES string of the molecule is COC(OC)C1(C)Oc2ccc(N)cc2C2C1OC(=O)C1CCc3ccccc3N12. The molecule has 0 aliphatic carbocycles. The second-order valence-corrected chi connectivity index (χ2v) is 8.28. The number of nitrogen functional groups attached to an aromatic ring is 1. The van der Waals surface area contributed by atoms with Gasteiger partial charge in [0, 0.05) is 31.2 Å². The number of carbonyl (C=O) groups is 1. The number of morpholine rings is 1. The van der Waals surface area contributed by atoms with Crippen LogP contribution in [0.15, 0.2) is 42.5 Å². The van der Waals surface area contributed by atoms with E-state index in [1.807, 2.05) is 37.3 Å². The number of rotatable bonds is 3. The van der Waals surface area contributed by atoms with E-state index in [1.165, 1.54) is 5.56 Å². The molecule has 1 fully saturated rings. The lowest BCUT2D eigenvalue weighted by atomic mass is 9.79. The molecule has 5 rings (SSSR count). The van der Waals surface area contributed by atoms with E-state index >= 15 is 0 Å². The minimum absolute atomic E-state index is 0.251. The van der Waals surface area contributed by atoms with Crippen LogP contribution in [0.25, 0.3) is 0 Å². The summed E-state index contributed by atoms with van der Waals surface area (Å²) in [5, 5.41) is 0. The maximum absolute atomic E-state index is 13.1. The number of para-hydroxylation sites is 1. The first-order chi connectivity index (χ1) is 14.5. The Kier molecular flexibility index (Phi) is 4.41. The lowest BCUT2D eigenvalue weighted by molar-refractivity contribution is -0.249. The van der Waals surface area contributed by atoms with Crippen LogP contribution in [0.1, 0.15) is 30.5 Å². The number of nitrogens with two attached hydrogens (primary N) is 1. The molecule has 4 atom stereocenters. The lowest BCUT2D eigenvalue weighted by Crippen LogP contribution is -2.68. The van der Waals surface area contributed by atoms with Crippen LogP contribution in [0.4, 0.5) is 11.4 Å². The first kappa shape index (κ1) is 19.2. The molecule has 2 aromatic rings. The van der Waals surface area contributed by atoms with Crippen molar-refractivity contribution < 1.29 is 23.7 Å². The van der Waals surface area contributed by atoms with Crippen LogP contribution in [0.5, 0.6) is 5.75 Å². The molecule has 1 saturated heterocycles. The third kappa shape index (κ3) is 2.62. The number of anilines is 2. The maximum atomic E-state index is 13.1. The van der Waals surface area contributed by atoms with Crippen molar-refractivity contribution in [3.05, 3.63) is 53.6 Å². The molecular weight excluding hydrogens is 384 g/mol. The van der Waals surface area contributed by atoms with Gasteiger partial charge >= 0.3 is 5.97 Å². The van der Waals surface area contributed by atoms with Crippen LogP contribution in [0.2, 0.25) is 0 Å². The van der Waals surface area contributed by atoms with Crippen LogP contribution < -0.4 is 15.4 Å². The Morgan fingerprint density at radius 2 is 1.97 bits per heavy atom. The van der Waals surface area contributed by atoms with Gasteiger partial charge in [-0.3, -0.25) is 0 Å². The van der Waals surface area contributed by atoms with Gasteiger partial charge in [0.05, 0.1) is 0 Å². The van der Waals surface area contributed by atoms with Crippen molar-refractivity contribution in [2.75, 3.05) is 24.9 Å². The molecule has 0 aromatic heterocycles. The fraction of sp³-hybridized carbons (Fsp3) is 0.435. The zero-order valence-corrected chi connectivity index (χ0v) is 17.3. The third-order valence-electron chi connectivity index (χ3n) is 6.54. The third-order valence-corrected chi connectivity index (χ3v) is 6.54. The topological polar surface area (TPSA) is 83.2 Å². The Balaban J connectivity index is 1.74. The van der Waals surface area contributed by atoms with E-state index in [-0.39, 0.29) is 18.1 Å². The van der Waals surface area contributed by atoms with E-state index in [0.29, 0.717) is 17.9 Å². The van der Waals surface area contributed by atoms with Crippen molar-refractivity contribution in [2.45, 2.75) is 49.8 Å². The second kappa shape index (κ2) is 6.89. The molecule has 30 heavy (non-hydrogen) atoms. The predicted octanol–water partition coefficient (Wildman–Crippen LogP) is 2.83. The van der Waals surface area contributed by atoms with Crippen LogP contribution in [-0.4, -0.2) is 44.2 Å². The molecule has 7 heteroatoms. The molecule has 0 radical (unpaired) electrons. The highest BCUT2D eigenvalue weighted by atomic mass is 16.7. The molecule has 3 heterocycles. The average molecular weight is 410 g/mol. The molecule has 2 N–H and O–H groups in total. The van der Waals surface area contributed by atoms with Crippen LogP contribution in [0, 0.1) is 0 Å². The van der Waals surface area contributed by atoms with Gasteiger partial charge in [0.15, 0.2) is 11.7 Å². The summed E-state index contributed by atoms with van der Waals surface area (Å²) in [5.41, 5.74) is 8.89. The maximum Gasteiger partial charge on any atom is 0.329 e. The number of fused-ring (bicyclic) bond motifs is 7. The highest BCUT2D eigenvalue weighted by Crippen LogP contribution is 2.52. The first-order valence-corrected chi connectivity index (χ1v) is 10.2. The summed E-state index contributed by atoms with van der Waals surface area (Å²) < 4.78 is 23.6. The number of hydrogen-bond donors (Lipinski definition) is 1. The number of esters is 1. The van der Waals surface area contributed by atoms with Crippen molar-refractivity contribution in [3.8, 4) is 5.75 Å². The van der Waals surface area contributed by atoms with Crippen LogP contribution in [0.3, 0.4) is 0 Å². The average Bonchev–Trinajstić information content (AvgIpc) is 2.75. The number of aryl methyl sites for hydroxylation is 1. The quantitative estimate of drug-likeness (QED) is 0.473. The Labute approximate surface area is 175 Å². The van der Waals surface area contributed by atoms with Crippen molar-refractivity contribution in [1.82, 2.24) is 0 Å². The van der Waals surface area contributed by atoms with E-state index in [1.54, 1.807) is 14.2 Å². The summed E-state index contributed by atoms with van der Waals surface area (Å²) in [6, 6.07) is 13.2. The molecule has 158 valence electrons. The Hall–Kier alpha value is -2.77. The van der Waals surface area contributed by atoms with Gasteiger partial charge in [-0.15, -0.1) is 0 Å². The fourth-order valence-corrected chi connectivity index (χ4v) is 5.24. The monoisotopic (exact) mass is 410 g/mol. The van der Waals surface area contributed by atoms with Gasteiger partial charge < -0.3 is 29.6 Å². The minimum atomic E-state index is -1.05. The minimum Gasteiger partial charge on any atom is -0.478 e. The van der Waals surface area contributed by atoms with Crippen molar-refractivity contribution in [1.29, 1.82) is 0 Å². The highest BCUT2D eigenvalue weighted by molar-refractivity contribution is 5.84. The molecule has 2 aromatic carbocycles. The highest BCUT2D eigenvalue weighted by Gasteiger charge is 2.61. The summed E-state index contributed by atoms with van der Waals surface area (Å²) in [4.78, 5) is 15.3. The van der Waals surface area contributed by atoms with Gasteiger partial charge in [0.2, 0.25) is 6.29 Å². The van der Waals surface area contributed by atoms with Gasteiger partial charge in [0.25, 0.3) is 0 Å². The number of carbonyl (C=O) groups excluding carboxylic acids is 1. The number of nitrogens with zero attached hydrogens (tertiary/aromatic N) is 1. The number of ether oxygens (including phenoxy) is 4. The van der Waals surface area contributed by atoms with Gasteiger partial charge in [-0.1, -0.05) is 18.2 Å². The number of hydrogen-bond acceptors (Lipinski definition) is 7. The zero-order chi connectivity index (χ0) is 21.0. The molecule has 0 bridgehead atoms. The molecule has 0 spiro atoms. The normalized spacial score (nSPS) is 29.3. The van der Waals surface area contributed by atoms with E-state index in [9.17, 15) is 4.79 Å². The fourth-order valence-electron chi connectivity index (χ4n) is 5.24. The van der Waals surface area contributed by atoms with Gasteiger partial charge in [0.1, 0.15) is 17.8 Å².